The number of likely N-dealkylation sites (tertiary alicyclic amines) is 1. The lowest BCUT2D eigenvalue weighted by Gasteiger charge is -2.35. The van der Waals surface area contributed by atoms with E-state index in [9.17, 15) is 24.3 Å². The molecule has 4 atom stereocenters. The lowest BCUT2D eigenvalue weighted by atomic mass is 9.77. The number of ketones is 1. The third kappa shape index (κ3) is 9.01. The lowest BCUT2D eigenvalue weighted by molar-refractivity contribution is -0.146. The van der Waals surface area contributed by atoms with Crippen molar-refractivity contribution in [3.05, 3.63) is 70.9 Å². The normalized spacial score (nSPS) is 17.7. The molecule has 0 unspecified atom stereocenters. The topological polar surface area (TPSA) is 146 Å². The Morgan fingerprint density at radius 2 is 1.76 bits per heavy atom. The fourth-order valence-electron chi connectivity index (χ4n) is 5.62. The van der Waals surface area contributed by atoms with E-state index in [0.29, 0.717) is 12.2 Å². The summed E-state index contributed by atoms with van der Waals surface area (Å²) >= 11 is 1.57. The van der Waals surface area contributed by atoms with E-state index in [1.54, 1.807) is 35.6 Å². The van der Waals surface area contributed by atoms with Gasteiger partial charge in [0.2, 0.25) is 11.8 Å². The number of carboxylic acids is 1. The Bertz CT molecular complexity index is 1530. The highest BCUT2D eigenvalue weighted by atomic mass is 32.1. The molecule has 0 aliphatic carbocycles. The number of carbonyl (C=O) groups excluding carboxylic acids is 3. The molecule has 0 spiro atoms. The molecule has 2 heterocycles. The van der Waals surface area contributed by atoms with Crippen molar-refractivity contribution >= 4 is 34.9 Å². The van der Waals surface area contributed by atoms with Crippen molar-refractivity contribution in [2.24, 2.45) is 11.3 Å². The smallest absolute Gasteiger partial charge is 0.303 e. The number of aromatic nitrogens is 1. The first-order chi connectivity index (χ1) is 21.7. The highest BCUT2D eigenvalue weighted by Crippen LogP contribution is 2.34. The Labute approximate surface area is 273 Å². The van der Waals surface area contributed by atoms with Crippen LogP contribution in [0, 0.1) is 18.3 Å². The number of nitrogens with one attached hydrogen (secondary N) is 1. The maximum absolute atomic E-state index is 13.9. The fourth-order valence-corrected chi connectivity index (χ4v) is 6.43. The zero-order chi connectivity index (χ0) is 33.6. The van der Waals surface area contributed by atoms with Gasteiger partial charge >= 0.3 is 5.97 Å². The monoisotopic (exact) mass is 649 g/mol. The van der Waals surface area contributed by atoms with Gasteiger partial charge in [0.25, 0.3) is 0 Å². The van der Waals surface area contributed by atoms with Gasteiger partial charge in [-0.05, 0) is 54.5 Å². The van der Waals surface area contributed by atoms with Gasteiger partial charge in [0.15, 0.2) is 5.78 Å². The number of aliphatic hydroxyl groups is 1. The van der Waals surface area contributed by atoms with E-state index in [-0.39, 0.29) is 56.1 Å². The zero-order valence-electron chi connectivity index (χ0n) is 27.0. The summed E-state index contributed by atoms with van der Waals surface area (Å²) in [5.74, 6) is -2.11. The molecule has 246 valence electrons. The Kier molecular flexibility index (Phi) is 11.3. The fraction of sp³-hybridized carbons (Fsp3) is 0.457. The van der Waals surface area contributed by atoms with Crippen LogP contribution in [0.1, 0.15) is 69.8 Å². The van der Waals surface area contributed by atoms with Gasteiger partial charge in [-0.15, -0.1) is 11.3 Å². The first-order valence-corrected chi connectivity index (χ1v) is 16.4. The van der Waals surface area contributed by atoms with Crippen LogP contribution in [0.2, 0.25) is 0 Å². The minimum absolute atomic E-state index is 0.0136. The molecule has 0 bridgehead atoms. The molecule has 4 rings (SSSR count). The minimum atomic E-state index is -0.872. The van der Waals surface area contributed by atoms with Crippen molar-refractivity contribution < 1.29 is 34.1 Å². The number of ether oxygens (including phenoxy) is 1. The Hall–Kier alpha value is -4.09. The Morgan fingerprint density at radius 3 is 2.35 bits per heavy atom. The van der Waals surface area contributed by atoms with E-state index in [0.717, 1.165) is 27.3 Å². The second-order valence-corrected chi connectivity index (χ2v) is 13.9. The van der Waals surface area contributed by atoms with Gasteiger partial charge < -0.3 is 25.2 Å². The van der Waals surface area contributed by atoms with E-state index in [1.807, 2.05) is 64.4 Å². The van der Waals surface area contributed by atoms with Crippen molar-refractivity contribution in [3.8, 4) is 16.2 Å². The van der Waals surface area contributed by atoms with Gasteiger partial charge in [0.1, 0.15) is 18.4 Å². The maximum Gasteiger partial charge on any atom is 0.303 e. The van der Waals surface area contributed by atoms with Crippen LogP contribution >= 0.6 is 11.3 Å². The van der Waals surface area contributed by atoms with Crippen molar-refractivity contribution in [2.45, 2.75) is 78.5 Å². The molecule has 3 N–H and O–H groups in total. The summed E-state index contributed by atoms with van der Waals surface area (Å²) in [5, 5.41) is 22.4. The van der Waals surface area contributed by atoms with E-state index < -0.39 is 29.4 Å². The number of carbonyl (C=O) groups is 4. The number of benzene rings is 2. The molecule has 3 aromatic rings. The van der Waals surface area contributed by atoms with E-state index >= 15 is 0 Å². The number of thiazole rings is 1. The average molecular weight is 650 g/mol. The molecule has 10 nitrogen and oxygen atoms in total. The summed E-state index contributed by atoms with van der Waals surface area (Å²) < 4.78 is 5.67. The lowest BCUT2D eigenvalue weighted by Crippen LogP contribution is -2.50. The van der Waals surface area contributed by atoms with Crippen LogP contribution in [0.15, 0.2) is 54.0 Å². The Morgan fingerprint density at radius 1 is 1.09 bits per heavy atom. The van der Waals surface area contributed by atoms with Crippen molar-refractivity contribution in [3.63, 3.8) is 0 Å². The third-order valence-electron chi connectivity index (χ3n) is 8.37. The van der Waals surface area contributed by atoms with Crippen molar-refractivity contribution in [2.75, 3.05) is 13.2 Å². The average Bonchev–Trinajstić information content (AvgIpc) is 3.62. The quantitative estimate of drug-likeness (QED) is 0.235. The van der Waals surface area contributed by atoms with Gasteiger partial charge in [-0.2, -0.15) is 0 Å². The van der Waals surface area contributed by atoms with Crippen LogP contribution in [-0.4, -0.2) is 69.0 Å². The summed E-state index contributed by atoms with van der Waals surface area (Å²) in [7, 11) is 0. The van der Waals surface area contributed by atoms with Gasteiger partial charge in [0.05, 0.1) is 34.1 Å². The number of carboxylic acid groups (broad SMARTS) is 1. The summed E-state index contributed by atoms with van der Waals surface area (Å²) in [6.07, 6.45) is -0.395. The van der Waals surface area contributed by atoms with Gasteiger partial charge in [0, 0.05) is 25.8 Å². The van der Waals surface area contributed by atoms with Crippen molar-refractivity contribution in [1.29, 1.82) is 0 Å². The molecule has 1 fully saturated rings. The van der Waals surface area contributed by atoms with E-state index in [1.165, 1.54) is 4.90 Å². The molecule has 2 amide bonds. The van der Waals surface area contributed by atoms with E-state index in [4.69, 9.17) is 9.84 Å². The largest absolute Gasteiger partial charge is 0.486 e. The molecule has 0 radical (unpaired) electrons. The number of aryl methyl sites for hydroxylation is 2. The molecule has 1 aliphatic rings. The molecule has 46 heavy (non-hydrogen) atoms. The number of β-amino-alcohol motifs (C(OH)–C–C–N with tert-alkyl or cyclic N) is 1. The first-order valence-electron chi connectivity index (χ1n) is 15.5. The van der Waals surface area contributed by atoms with Gasteiger partial charge in [-0.25, -0.2) is 4.98 Å². The van der Waals surface area contributed by atoms with Crippen LogP contribution in [0.3, 0.4) is 0 Å². The number of hydrogen-bond donors (Lipinski definition) is 3. The second kappa shape index (κ2) is 15.0. The summed E-state index contributed by atoms with van der Waals surface area (Å²) in [4.78, 5) is 58.1. The molecule has 1 aromatic heterocycles. The number of nitrogens with zero attached hydrogens (tertiary/aromatic N) is 2. The first kappa shape index (κ1) is 34.8. The second-order valence-electron chi connectivity index (χ2n) is 13.0. The van der Waals surface area contributed by atoms with Gasteiger partial charge in [-0.3, -0.25) is 19.2 Å². The molecular formula is C35H43N3O7S. The van der Waals surface area contributed by atoms with Crippen LogP contribution in [-0.2, 0) is 25.6 Å². The third-order valence-corrected chi connectivity index (χ3v) is 9.35. The van der Waals surface area contributed by atoms with Crippen LogP contribution < -0.4 is 10.1 Å². The molecule has 1 saturated heterocycles. The molecule has 0 saturated carbocycles. The minimum Gasteiger partial charge on any atom is -0.486 e. The predicted octanol–water partition coefficient (Wildman–Crippen LogP) is 4.98. The highest BCUT2D eigenvalue weighted by Gasteiger charge is 2.44. The zero-order valence-corrected chi connectivity index (χ0v) is 27.8. The van der Waals surface area contributed by atoms with Crippen LogP contribution in [0.25, 0.3) is 10.4 Å². The number of amides is 2. The number of Topliss-reactive ketones (excluding diaryl/α,β-unsaturated/α-hetero) is 1. The molecule has 11 heteroatoms. The van der Waals surface area contributed by atoms with Crippen molar-refractivity contribution in [1.82, 2.24) is 15.2 Å². The molecule has 2 aromatic carbocycles. The number of hydrogen-bond acceptors (Lipinski definition) is 8. The summed E-state index contributed by atoms with van der Waals surface area (Å²) in [6.45, 7) is 9.25. The standard InChI is InChI=1S/C35H43N3O7S/c1-21(24-9-11-25(12-10-24)32-22(2)36-20-46-32)37-33(43)30-17-26(39)18-38(30)34(44)29(35(3,4)5)16-27(40)19-45-28-13-6-23(7-14-28)8-15-31(41)42/h6-7,9-14,20-21,26,29-30,39H,8,15-19H2,1-5H3,(H,37,43)(H,41,42)/t21-,26+,29+,30-/m0/s1. The predicted molar refractivity (Wildman–Crippen MR) is 175 cm³/mol. The van der Waals surface area contributed by atoms with Gasteiger partial charge in [-0.1, -0.05) is 57.2 Å². The van der Waals surface area contributed by atoms with Crippen LogP contribution in [0.5, 0.6) is 5.75 Å². The SMILES string of the molecule is Cc1ncsc1-c1ccc([C@H](C)NC(=O)[C@@H]2C[C@@H](O)CN2C(=O)[C@@H](CC(=O)COc2ccc(CCC(=O)O)cc2)C(C)(C)C)cc1. The highest BCUT2D eigenvalue weighted by molar-refractivity contribution is 7.13. The maximum atomic E-state index is 13.9. The summed E-state index contributed by atoms with van der Waals surface area (Å²) in [6, 6.07) is 13.6. The molecular weight excluding hydrogens is 606 g/mol. The number of aliphatic carboxylic acids is 1. The van der Waals surface area contributed by atoms with E-state index in [2.05, 4.69) is 10.3 Å². The number of rotatable bonds is 13. The Balaban J connectivity index is 1.37. The van der Waals surface area contributed by atoms with Crippen LogP contribution in [0.4, 0.5) is 0 Å². The number of aliphatic hydroxyl groups excluding tert-OH is 1. The summed E-state index contributed by atoms with van der Waals surface area (Å²) in [5.41, 5.74) is 4.99. The molecule has 1 aliphatic heterocycles.